The molecule has 0 spiro atoms. The molecule has 14 heteroatoms. The van der Waals surface area contributed by atoms with Crippen LogP contribution in [0.3, 0.4) is 0 Å². The van der Waals surface area contributed by atoms with Crippen molar-refractivity contribution in [3.8, 4) is 0 Å². The maximum Gasteiger partial charge on any atom is 0.326 e. The van der Waals surface area contributed by atoms with Crippen molar-refractivity contribution in [2.24, 2.45) is 23.3 Å². The van der Waals surface area contributed by atoms with Gasteiger partial charge in [-0.3, -0.25) is 24.0 Å². The van der Waals surface area contributed by atoms with Crippen molar-refractivity contribution >= 4 is 35.5 Å². The lowest BCUT2D eigenvalue weighted by Crippen LogP contribution is -2.59. The SMILES string of the molecule is CC(C)C[C@H](NC(=O)[C@H](CCCCN)NC(=O)[C@H](CC(C)C)NC(=O)[C@@H](N)Cc1ccccc1)C(=O)N[C@@H](Cc1ccccc1)C(=O)N1CCC[C@H]1C(=O)O. The minimum atomic E-state index is -1.10. The smallest absolute Gasteiger partial charge is 0.326 e. The molecule has 1 aliphatic rings. The van der Waals surface area contributed by atoms with Crippen LogP contribution in [-0.2, 0) is 41.6 Å². The van der Waals surface area contributed by atoms with Crippen molar-refractivity contribution in [2.75, 3.05) is 13.1 Å². The lowest BCUT2D eigenvalue weighted by molar-refractivity contribution is -0.149. The largest absolute Gasteiger partial charge is 0.480 e. The van der Waals surface area contributed by atoms with Crippen LogP contribution < -0.4 is 32.7 Å². The summed E-state index contributed by atoms with van der Waals surface area (Å²) in [5.41, 5.74) is 13.6. The average Bonchev–Trinajstić information content (AvgIpc) is 3.64. The summed E-state index contributed by atoms with van der Waals surface area (Å²) in [7, 11) is 0. The topological polar surface area (TPSA) is 226 Å². The maximum atomic E-state index is 14.0. The maximum absolute atomic E-state index is 14.0. The van der Waals surface area contributed by atoms with E-state index in [1.54, 1.807) is 0 Å². The number of carbonyl (C=O) groups excluding carboxylic acids is 5. The summed E-state index contributed by atoms with van der Waals surface area (Å²) >= 11 is 0. The van der Waals surface area contributed by atoms with Gasteiger partial charge in [0.2, 0.25) is 29.5 Å². The Balaban J connectivity index is 1.81. The lowest BCUT2D eigenvalue weighted by atomic mass is 9.99. The van der Waals surface area contributed by atoms with E-state index in [9.17, 15) is 33.9 Å². The standard InChI is InChI=1S/C41H61N7O7/c1-26(2)22-32(45-36(49)30(43)24-28-14-7-5-8-15-28)38(51)44-31(18-11-12-20-42)37(50)46-33(23-27(3)4)39(52)47-34(25-29-16-9-6-10-17-29)40(53)48-21-13-19-35(48)41(54)55/h5-10,14-17,26-27,30-35H,11-13,18-25,42-43H2,1-4H3,(H,44,51)(H,45,49)(H,46,50)(H,47,52)(H,54,55)/t30-,31-,32-,33-,34-,35-/m0/s1. The van der Waals surface area contributed by atoms with E-state index in [4.69, 9.17) is 11.5 Å². The Bertz CT molecular complexity index is 1560. The highest BCUT2D eigenvalue weighted by Gasteiger charge is 2.39. The highest BCUT2D eigenvalue weighted by atomic mass is 16.4. The molecule has 2 aromatic carbocycles. The molecule has 1 aliphatic heterocycles. The first-order valence-corrected chi connectivity index (χ1v) is 19.5. The number of nitrogens with zero attached hydrogens (tertiary/aromatic N) is 1. The Labute approximate surface area is 324 Å². The van der Waals surface area contributed by atoms with E-state index >= 15 is 0 Å². The number of benzene rings is 2. The fourth-order valence-corrected chi connectivity index (χ4v) is 6.76. The van der Waals surface area contributed by atoms with Crippen LogP contribution >= 0.6 is 0 Å². The van der Waals surface area contributed by atoms with E-state index in [0.29, 0.717) is 38.6 Å². The molecular weight excluding hydrogens is 702 g/mol. The van der Waals surface area contributed by atoms with E-state index in [-0.39, 0.29) is 44.1 Å². The van der Waals surface area contributed by atoms with Gasteiger partial charge in [0, 0.05) is 13.0 Å². The van der Waals surface area contributed by atoms with Gasteiger partial charge in [0.1, 0.15) is 30.2 Å². The second-order valence-corrected chi connectivity index (χ2v) is 15.3. The molecule has 1 heterocycles. The van der Waals surface area contributed by atoms with Crippen LogP contribution in [0.5, 0.6) is 0 Å². The molecule has 9 N–H and O–H groups in total. The Morgan fingerprint density at radius 1 is 0.691 bits per heavy atom. The number of carbonyl (C=O) groups is 6. The number of hydrogen-bond donors (Lipinski definition) is 7. The Kier molecular flexibility index (Phi) is 18.3. The van der Waals surface area contributed by atoms with E-state index in [0.717, 1.165) is 11.1 Å². The number of nitrogens with two attached hydrogens (primary N) is 2. The molecule has 0 unspecified atom stereocenters. The molecular formula is C41H61N7O7. The van der Waals surface area contributed by atoms with Crippen LogP contribution in [0.25, 0.3) is 0 Å². The van der Waals surface area contributed by atoms with Crippen LogP contribution in [-0.4, -0.2) is 94.9 Å². The van der Waals surface area contributed by atoms with E-state index < -0.39 is 71.8 Å². The van der Waals surface area contributed by atoms with Gasteiger partial charge >= 0.3 is 5.97 Å². The summed E-state index contributed by atoms with van der Waals surface area (Å²) in [6.45, 7) is 8.25. The zero-order valence-corrected chi connectivity index (χ0v) is 32.7. The molecule has 0 radical (unpaired) electrons. The van der Waals surface area contributed by atoms with Crippen LogP contribution in [0.1, 0.15) is 83.8 Å². The van der Waals surface area contributed by atoms with Crippen LogP contribution in [0.15, 0.2) is 60.7 Å². The van der Waals surface area contributed by atoms with Crippen molar-refractivity contribution in [1.29, 1.82) is 0 Å². The monoisotopic (exact) mass is 763 g/mol. The lowest BCUT2D eigenvalue weighted by Gasteiger charge is -2.30. The molecule has 0 bridgehead atoms. The summed E-state index contributed by atoms with van der Waals surface area (Å²) in [4.78, 5) is 82.1. The number of unbranched alkanes of at least 4 members (excludes halogenated alkanes) is 1. The van der Waals surface area contributed by atoms with Crippen molar-refractivity contribution in [3.63, 3.8) is 0 Å². The van der Waals surface area contributed by atoms with Crippen molar-refractivity contribution < 1.29 is 33.9 Å². The molecule has 1 saturated heterocycles. The zero-order valence-electron chi connectivity index (χ0n) is 32.7. The first kappa shape index (κ1) is 44.6. The van der Waals surface area contributed by atoms with Gasteiger partial charge in [0.15, 0.2) is 0 Å². The summed E-state index contributed by atoms with van der Waals surface area (Å²) < 4.78 is 0. The number of carboxylic acid groups (broad SMARTS) is 1. The second-order valence-electron chi connectivity index (χ2n) is 15.3. The first-order valence-electron chi connectivity index (χ1n) is 19.5. The van der Waals surface area contributed by atoms with E-state index in [1.807, 2.05) is 88.4 Å². The summed E-state index contributed by atoms with van der Waals surface area (Å²) in [5, 5.41) is 21.0. The third kappa shape index (κ3) is 14.7. The average molecular weight is 764 g/mol. The first-order chi connectivity index (χ1) is 26.2. The minimum Gasteiger partial charge on any atom is -0.480 e. The third-order valence-corrected chi connectivity index (χ3v) is 9.61. The fourth-order valence-electron chi connectivity index (χ4n) is 6.76. The number of nitrogens with one attached hydrogen (secondary N) is 4. The quantitative estimate of drug-likeness (QED) is 0.0870. The van der Waals surface area contributed by atoms with Gasteiger partial charge in [-0.1, -0.05) is 88.4 Å². The third-order valence-electron chi connectivity index (χ3n) is 9.61. The van der Waals surface area contributed by atoms with Crippen molar-refractivity contribution in [3.05, 3.63) is 71.8 Å². The Hall–Kier alpha value is -4.82. The normalized spacial score (nSPS) is 16.8. The minimum absolute atomic E-state index is 0.0166. The predicted octanol–water partition coefficient (Wildman–Crippen LogP) is 2.04. The molecule has 2 aromatic rings. The zero-order chi connectivity index (χ0) is 40.5. The van der Waals surface area contributed by atoms with Crippen LogP contribution in [0.4, 0.5) is 0 Å². The van der Waals surface area contributed by atoms with E-state index in [1.165, 1.54) is 4.90 Å². The van der Waals surface area contributed by atoms with Gasteiger partial charge in [0.25, 0.3) is 0 Å². The molecule has 0 aromatic heterocycles. The molecule has 14 nitrogen and oxygen atoms in total. The molecule has 1 fully saturated rings. The number of likely N-dealkylation sites (tertiary alicyclic amines) is 1. The number of carboxylic acids is 1. The summed E-state index contributed by atoms with van der Waals surface area (Å²) in [5.74, 6) is -3.90. The number of aliphatic carboxylic acids is 1. The fraction of sp³-hybridized carbons (Fsp3) is 0.561. The van der Waals surface area contributed by atoms with Crippen molar-refractivity contribution in [1.82, 2.24) is 26.2 Å². The van der Waals surface area contributed by atoms with Gasteiger partial charge < -0.3 is 42.7 Å². The second kappa shape index (κ2) is 22.5. The summed E-state index contributed by atoms with van der Waals surface area (Å²) in [6.07, 6.45) is 3.08. The Morgan fingerprint density at radius 3 is 1.67 bits per heavy atom. The molecule has 0 saturated carbocycles. The predicted molar refractivity (Wildman–Crippen MR) is 210 cm³/mol. The van der Waals surface area contributed by atoms with Gasteiger partial charge in [-0.05, 0) is 80.9 Å². The number of amides is 5. The molecule has 3 rings (SSSR count). The van der Waals surface area contributed by atoms with E-state index in [2.05, 4.69) is 21.3 Å². The molecule has 6 atom stereocenters. The van der Waals surface area contributed by atoms with Gasteiger partial charge in [0.05, 0.1) is 6.04 Å². The molecule has 5 amide bonds. The molecule has 302 valence electrons. The van der Waals surface area contributed by atoms with Crippen LogP contribution in [0, 0.1) is 11.8 Å². The van der Waals surface area contributed by atoms with Gasteiger partial charge in [-0.15, -0.1) is 0 Å². The molecule has 0 aliphatic carbocycles. The van der Waals surface area contributed by atoms with Crippen molar-refractivity contribution in [2.45, 2.75) is 122 Å². The molecule has 55 heavy (non-hydrogen) atoms. The van der Waals surface area contributed by atoms with Gasteiger partial charge in [-0.25, -0.2) is 4.79 Å². The van der Waals surface area contributed by atoms with Crippen LogP contribution in [0.2, 0.25) is 0 Å². The number of hydrogen-bond acceptors (Lipinski definition) is 8. The Morgan fingerprint density at radius 2 is 1.16 bits per heavy atom. The van der Waals surface area contributed by atoms with Gasteiger partial charge in [-0.2, -0.15) is 0 Å². The summed E-state index contributed by atoms with van der Waals surface area (Å²) in [6, 6.07) is 12.3. The number of rotatable bonds is 22. The highest BCUT2D eigenvalue weighted by molar-refractivity contribution is 5.96. The highest BCUT2D eigenvalue weighted by Crippen LogP contribution is 2.20.